The lowest BCUT2D eigenvalue weighted by Gasteiger charge is -2.46. The molecule has 150 valence electrons. The van der Waals surface area contributed by atoms with Crippen molar-refractivity contribution >= 4 is 47.0 Å². The molecular weight excluding hydrogens is 402 g/mol. The lowest BCUT2D eigenvalue weighted by molar-refractivity contribution is -0.163. The van der Waals surface area contributed by atoms with Crippen LogP contribution in [-0.2, 0) is 9.59 Å². The number of thiazole rings is 1. The summed E-state index contributed by atoms with van der Waals surface area (Å²) in [7, 11) is 3.29. The van der Waals surface area contributed by atoms with E-state index in [1.165, 1.54) is 32.9 Å². The molecule has 1 aromatic rings. The first-order valence-corrected chi connectivity index (χ1v) is 10.4. The molecule has 0 spiro atoms. The van der Waals surface area contributed by atoms with Gasteiger partial charge in [0.15, 0.2) is 0 Å². The van der Waals surface area contributed by atoms with E-state index in [4.69, 9.17) is 0 Å². The van der Waals surface area contributed by atoms with Crippen LogP contribution in [-0.4, -0.2) is 69.0 Å². The average Bonchev–Trinajstić information content (AvgIpc) is 3.16. The third-order valence-electron chi connectivity index (χ3n) is 4.93. The van der Waals surface area contributed by atoms with Gasteiger partial charge in [0.25, 0.3) is 5.91 Å². The van der Waals surface area contributed by atoms with Gasteiger partial charge in [0.1, 0.15) is 11.4 Å². The molecule has 28 heavy (non-hydrogen) atoms. The zero-order valence-electron chi connectivity index (χ0n) is 15.8. The molecule has 1 aromatic heterocycles. The Kier molecular flexibility index (Phi) is 5.64. The monoisotopic (exact) mass is 423 g/mol. The molecule has 1 fully saturated rings. The molecule has 1 saturated heterocycles. The Bertz CT molecular complexity index is 890. The van der Waals surface area contributed by atoms with E-state index in [1.807, 2.05) is 6.92 Å². The molecule has 2 N–H and O–H groups in total. The summed E-state index contributed by atoms with van der Waals surface area (Å²) in [6, 6.07) is -0.344. The number of amides is 2. The van der Waals surface area contributed by atoms with Gasteiger partial charge in [-0.2, -0.15) is 0 Å². The van der Waals surface area contributed by atoms with Crippen molar-refractivity contribution in [3.63, 3.8) is 0 Å². The lowest BCUT2D eigenvalue weighted by atomic mass is 9.79. The highest BCUT2D eigenvalue weighted by molar-refractivity contribution is 8.06. The van der Waals surface area contributed by atoms with Gasteiger partial charge < -0.3 is 20.0 Å². The minimum Gasteiger partial charge on any atom is -0.477 e. The van der Waals surface area contributed by atoms with E-state index in [9.17, 15) is 24.6 Å². The molecule has 0 aliphatic carbocycles. The van der Waals surface area contributed by atoms with Gasteiger partial charge in [-0.3, -0.25) is 9.59 Å². The van der Waals surface area contributed by atoms with Crippen LogP contribution < -0.4 is 0 Å². The van der Waals surface area contributed by atoms with Crippen molar-refractivity contribution in [2.75, 3.05) is 14.1 Å². The topological polar surface area (TPSA) is 111 Å². The number of aliphatic carboxylic acids is 1. The summed E-state index contributed by atoms with van der Waals surface area (Å²) in [4.78, 5) is 44.3. The number of β-lactam (4-membered cyclic amide) rings is 1. The largest absolute Gasteiger partial charge is 0.477 e. The number of carbonyl (C=O) groups excluding carboxylic acids is 2. The Hall–Kier alpha value is -2.17. The first kappa shape index (κ1) is 20.6. The number of fused-ring (bicyclic) bond motifs is 1. The molecule has 3 rings (SSSR count). The summed E-state index contributed by atoms with van der Waals surface area (Å²) in [5.41, 5.74) is 1.90. The number of thioether (sulfide) groups is 1. The van der Waals surface area contributed by atoms with E-state index < -0.39 is 18.0 Å². The SMILES string of the molecule is C[C@@H](O)[C@H]1C(=O)N2C(C(=O)O)=C(S/C=C\c3scnc3C(=O)N(C)C)[C@H](C)[C@H]12. The zero-order valence-corrected chi connectivity index (χ0v) is 17.5. The van der Waals surface area contributed by atoms with Gasteiger partial charge in [-0.05, 0) is 18.4 Å². The van der Waals surface area contributed by atoms with Gasteiger partial charge in [0, 0.05) is 24.9 Å². The predicted octanol–water partition coefficient (Wildman–Crippen LogP) is 1.70. The summed E-state index contributed by atoms with van der Waals surface area (Å²) in [5.74, 6) is -2.52. The minimum atomic E-state index is -1.16. The van der Waals surface area contributed by atoms with E-state index in [-0.39, 0.29) is 29.5 Å². The molecule has 0 aromatic carbocycles. The van der Waals surface area contributed by atoms with Gasteiger partial charge >= 0.3 is 5.97 Å². The Balaban J connectivity index is 1.84. The van der Waals surface area contributed by atoms with Crippen LogP contribution in [0.3, 0.4) is 0 Å². The maximum absolute atomic E-state index is 12.3. The summed E-state index contributed by atoms with van der Waals surface area (Å²) in [5, 5.41) is 21.2. The quantitative estimate of drug-likeness (QED) is 0.670. The van der Waals surface area contributed by atoms with Crippen LogP contribution in [0.2, 0.25) is 0 Å². The second-order valence-electron chi connectivity index (χ2n) is 6.96. The van der Waals surface area contributed by atoms with E-state index in [0.29, 0.717) is 15.5 Å². The molecule has 2 aliphatic heterocycles. The number of hydrogen-bond acceptors (Lipinski definition) is 7. The molecule has 0 saturated carbocycles. The van der Waals surface area contributed by atoms with Crippen molar-refractivity contribution in [1.82, 2.24) is 14.8 Å². The number of aliphatic hydroxyl groups is 1. The number of carboxylic acid groups (broad SMARTS) is 1. The lowest BCUT2D eigenvalue weighted by Crippen LogP contribution is -2.63. The van der Waals surface area contributed by atoms with Crippen molar-refractivity contribution < 1.29 is 24.6 Å². The highest BCUT2D eigenvalue weighted by Gasteiger charge is 2.59. The predicted molar refractivity (Wildman–Crippen MR) is 106 cm³/mol. The summed E-state index contributed by atoms with van der Waals surface area (Å²) in [6.07, 6.45) is 0.893. The normalized spacial score (nSPS) is 25.1. The first-order chi connectivity index (χ1) is 13.2. The fourth-order valence-electron chi connectivity index (χ4n) is 3.59. The molecular formula is C18H21N3O5S2. The van der Waals surface area contributed by atoms with E-state index in [1.54, 1.807) is 38.0 Å². The van der Waals surface area contributed by atoms with Crippen molar-refractivity contribution in [2.45, 2.75) is 26.0 Å². The minimum absolute atomic E-state index is 0.0251. The zero-order chi connectivity index (χ0) is 20.7. The number of rotatable bonds is 6. The van der Waals surface area contributed by atoms with Crippen LogP contribution >= 0.6 is 23.1 Å². The van der Waals surface area contributed by atoms with Gasteiger partial charge in [-0.15, -0.1) is 11.3 Å². The van der Waals surface area contributed by atoms with Gasteiger partial charge in [-0.1, -0.05) is 18.7 Å². The number of nitrogens with zero attached hydrogens (tertiary/aromatic N) is 3. The Labute approximate surface area is 170 Å². The Morgan fingerprint density at radius 2 is 2.11 bits per heavy atom. The number of carbonyl (C=O) groups is 3. The second kappa shape index (κ2) is 7.69. The third-order valence-corrected chi connectivity index (χ3v) is 6.81. The van der Waals surface area contributed by atoms with Crippen LogP contribution in [0.5, 0.6) is 0 Å². The van der Waals surface area contributed by atoms with Crippen molar-refractivity contribution in [3.8, 4) is 0 Å². The number of carboxylic acids is 1. The number of aromatic nitrogens is 1. The van der Waals surface area contributed by atoms with E-state index in [0.717, 1.165) is 0 Å². The van der Waals surface area contributed by atoms with Gasteiger partial charge in [-0.25, -0.2) is 9.78 Å². The van der Waals surface area contributed by atoms with Crippen LogP contribution in [0, 0.1) is 11.8 Å². The summed E-state index contributed by atoms with van der Waals surface area (Å²) in [6.45, 7) is 3.41. The van der Waals surface area contributed by atoms with Crippen LogP contribution in [0.15, 0.2) is 21.5 Å². The molecule has 2 amide bonds. The van der Waals surface area contributed by atoms with Crippen molar-refractivity contribution in [2.24, 2.45) is 11.8 Å². The molecule has 4 atom stereocenters. The Morgan fingerprint density at radius 3 is 2.68 bits per heavy atom. The fraction of sp³-hybridized carbons (Fsp3) is 0.444. The molecule has 2 aliphatic rings. The average molecular weight is 424 g/mol. The maximum Gasteiger partial charge on any atom is 0.353 e. The molecule has 10 heteroatoms. The Morgan fingerprint density at radius 1 is 1.43 bits per heavy atom. The molecule has 0 unspecified atom stereocenters. The smallest absolute Gasteiger partial charge is 0.353 e. The fourth-order valence-corrected chi connectivity index (χ4v) is 5.35. The first-order valence-electron chi connectivity index (χ1n) is 8.63. The van der Waals surface area contributed by atoms with E-state index >= 15 is 0 Å². The van der Waals surface area contributed by atoms with Crippen molar-refractivity contribution in [1.29, 1.82) is 0 Å². The summed E-state index contributed by atoms with van der Waals surface area (Å²) < 4.78 is 0. The molecule has 0 bridgehead atoms. The van der Waals surface area contributed by atoms with Crippen LogP contribution in [0.1, 0.15) is 29.2 Å². The molecule has 3 heterocycles. The van der Waals surface area contributed by atoms with Crippen LogP contribution in [0.4, 0.5) is 0 Å². The highest BCUT2D eigenvalue weighted by Crippen LogP contribution is 2.50. The standard InChI is InChI=1S/C18H21N3O5S2/c1-8-13-11(9(2)22)16(23)21(13)14(18(25)26)15(8)27-6-5-10-12(19-7-28-10)17(24)20(3)4/h5-9,11,13,22H,1-4H3,(H,25,26)/b6-5-/t8-,9-,11-,13-/m1/s1. The van der Waals surface area contributed by atoms with Crippen molar-refractivity contribution in [3.05, 3.63) is 32.1 Å². The maximum atomic E-state index is 12.3. The number of hydrogen-bond donors (Lipinski definition) is 2. The second-order valence-corrected chi connectivity index (χ2v) is 8.79. The summed E-state index contributed by atoms with van der Waals surface area (Å²) >= 11 is 2.53. The van der Waals surface area contributed by atoms with Crippen LogP contribution in [0.25, 0.3) is 6.08 Å². The van der Waals surface area contributed by atoms with E-state index in [2.05, 4.69) is 4.98 Å². The molecule has 8 nitrogen and oxygen atoms in total. The van der Waals surface area contributed by atoms with Gasteiger partial charge in [0.05, 0.1) is 28.5 Å². The highest BCUT2D eigenvalue weighted by atomic mass is 32.2. The number of aliphatic hydroxyl groups excluding tert-OH is 1. The molecule has 0 radical (unpaired) electrons. The third kappa shape index (κ3) is 3.25. The van der Waals surface area contributed by atoms with Gasteiger partial charge in [0.2, 0.25) is 5.91 Å².